The number of benzene rings is 1. The molecule has 1 aromatic heterocycles. The van der Waals surface area contributed by atoms with E-state index in [1.807, 2.05) is 25.3 Å². The second-order valence-electron chi connectivity index (χ2n) is 5.96. The molecule has 0 saturated carbocycles. The van der Waals surface area contributed by atoms with Gasteiger partial charge in [-0.3, -0.25) is 9.59 Å². The van der Waals surface area contributed by atoms with Gasteiger partial charge in [-0.1, -0.05) is 11.6 Å². The Bertz CT molecular complexity index is 775. The predicted octanol–water partition coefficient (Wildman–Crippen LogP) is 3.67. The number of furan rings is 1. The average Bonchev–Trinajstić information content (AvgIpc) is 3.06. The molecular weight excluding hydrogens is 360 g/mol. The summed E-state index contributed by atoms with van der Waals surface area (Å²) in [6.07, 6.45) is 1.97. The zero-order valence-electron chi connectivity index (χ0n) is 14.1. The van der Waals surface area contributed by atoms with Gasteiger partial charge in [-0.15, -0.1) is 0 Å². The van der Waals surface area contributed by atoms with E-state index in [0.717, 1.165) is 11.4 Å². The number of anilines is 1. The second kappa shape index (κ2) is 7.54. The monoisotopic (exact) mass is 378 g/mol. The van der Waals surface area contributed by atoms with Gasteiger partial charge in [0, 0.05) is 23.3 Å². The molecule has 1 fully saturated rings. The number of thioether (sulfide) groups is 1. The van der Waals surface area contributed by atoms with Gasteiger partial charge in [0.2, 0.25) is 5.91 Å². The molecule has 1 aromatic carbocycles. The van der Waals surface area contributed by atoms with E-state index in [1.54, 1.807) is 45.8 Å². The highest BCUT2D eigenvalue weighted by molar-refractivity contribution is 7.97. The van der Waals surface area contributed by atoms with Gasteiger partial charge in [0.05, 0.1) is 5.75 Å². The quantitative estimate of drug-likeness (QED) is 0.814. The Morgan fingerprint density at radius 3 is 2.68 bits per heavy atom. The van der Waals surface area contributed by atoms with E-state index < -0.39 is 0 Å². The molecule has 7 heteroatoms. The van der Waals surface area contributed by atoms with E-state index in [-0.39, 0.29) is 30.2 Å². The van der Waals surface area contributed by atoms with E-state index in [1.165, 1.54) is 0 Å². The van der Waals surface area contributed by atoms with Crippen molar-refractivity contribution in [1.29, 1.82) is 0 Å². The van der Waals surface area contributed by atoms with Crippen LogP contribution in [-0.4, -0.2) is 42.1 Å². The molecule has 1 saturated heterocycles. The SMILES string of the molecule is CSCc1ccc(C(=O)N2CC(=O)N(c3ccc(Cl)cc3)C[C@H]2C)o1. The number of hydrogen-bond acceptors (Lipinski definition) is 4. The fraction of sp³-hybridized carbons (Fsp3) is 0.333. The Kier molecular flexibility index (Phi) is 5.39. The molecule has 1 aliphatic heterocycles. The zero-order valence-corrected chi connectivity index (χ0v) is 15.6. The van der Waals surface area contributed by atoms with Crippen LogP contribution in [-0.2, 0) is 10.5 Å². The third-order valence-electron chi connectivity index (χ3n) is 4.14. The van der Waals surface area contributed by atoms with Crippen LogP contribution in [0.3, 0.4) is 0 Å². The third-order valence-corrected chi connectivity index (χ3v) is 4.97. The first-order chi connectivity index (χ1) is 12.0. The van der Waals surface area contributed by atoms with Gasteiger partial charge in [0.1, 0.15) is 12.3 Å². The minimum atomic E-state index is -0.246. The number of carbonyl (C=O) groups is 2. The number of amides is 2. The highest BCUT2D eigenvalue weighted by Gasteiger charge is 2.34. The molecule has 2 aromatic rings. The van der Waals surface area contributed by atoms with Crippen molar-refractivity contribution in [3.63, 3.8) is 0 Å². The van der Waals surface area contributed by atoms with Gasteiger partial charge in [-0.05, 0) is 49.6 Å². The molecule has 2 amide bonds. The van der Waals surface area contributed by atoms with Crippen molar-refractivity contribution in [2.75, 3.05) is 24.2 Å². The van der Waals surface area contributed by atoms with Crippen molar-refractivity contribution < 1.29 is 14.0 Å². The van der Waals surface area contributed by atoms with Gasteiger partial charge < -0.3 is 14.2 Å². The standard InChI is InChI=1S/C18H19ClN2O3S/c1-12-9-21(14-5-3-13(19)4-6-14)17(22)10-20(12)18(23)16-8-7-15(24-16)11-25-2/h3-8,12H,9-11H2,1-2H3/t12-/m1/s1. The van der Waals surface area contributed by atoms with Crippen molar-refractivity contribution in [2.24, 2.45) is 0 Å². The Morgan fingerprint density at radius 1 is 1.28 bits per heavy atom. The molecule has 0 radical (unpaired) electrons. The van der Waals surface area contributed by atoms with Crippen LogP contribution in [0.25, 0.3) is 0 Å². The molecule has 0 aliphatic carbocycles. The van der Waals surface area contributed by atoms with Gasteiger partial charge in [0.25, 0.3) is 5.91 Å². The molecule has 0 bridgehead atoms. The maximum absolute atomic E-state index is 12.7. The lowest BCUT2D eigenvalue weighted by atomic mass is 10.1. The highest BCUT2D eigenvalue weighted by atomic mass is 35.5. The van der Waals surface area contributed by atoms with Crippen LogP contribution in [0.2, 0.25) is 5.02 Å². The first-order valence-corrected chi connectivity index (χ1v) is 9.71. The first kappa shape index (κ1) is 17.9. The molecule has 0 spiro atoms. The summed E-state index contributed by atoms with van der Waals surface area (Å²) >= 11 is 7.53. The Morgan fingerprint density at radius 2 is 2.00 bits per heavy atom. The van der Waals surface area contributed by atoms with Crippen molar-refractivity contribution >= 4 is 40.9 Å². The normalized spacial score (nSPS) is 17.9. The zero-order chi connectivity index (χ0) is 18.0. The Hall–Kier alpha value is -1.92. The van der Waals surface area contributed by atoms with E-state index in [2.05, 4.69) is 0 Å². The van der Waals surface area contributed by atoms with Crippen molar-refractivity contribution in [3.05, 3.63) is 52.9 Å². The second-order valence-corrected chi connectivity index (χ2v) is 7.26. The van der Waals surface area contributed by atoms with Gasteiger partial charge in [-0.25, -0.2) is 0 Å². The molecule has 0 N–H and O–H groups in total. The molecule has 25 heavy (non-hydrogen) atoms. The molecule has 1 atom stereocenters. The lowest BCUT2D eigenvalue weighted by molar-refractivity contribution is -0.121. The minimum Gasteiger partial charge on any atom is -0.455 e. The summed E-state index contributed by atoms with van der Waals surface area (Å²) in [6.45, 7) is 2.39. The summed E-state index contributed by atoms with van der Waals surface area (Å²) in [4.78, 5) is 28.5. The van der Waals surface area contributed by atoms with Gasteiger partial charge in [-0.2, -0.15) is 11.8 Å². The number of piperazine rings is 1. The number of rotatable bonds is 4. The fourth-order valence-corrected chi connectivity index (χ4v) is 3.41. The highest BCUT2D eigenvalue weighted by Crippen LogP contribution is 2.24. The Balaban J connectivity index is 1.74. The van der Waals surface area contributed by atoms with Crippen LogP contribution in [0.5, 0.6) is 0 Å². The molecular formula is C18H19ClN2O3S. The van der Waals surface area contributed by atoms with Crippen LogP contribution in [0, 0.1) is 0 Å². The first-order valence-electron chi connectivity index (χ1n) is 7.94. The van der Waals surface area contributed by atoms with Crippen molar-refractivity contribution in [1.82, 2.24) is 4.90 Å². The smallest absolute Gasteiger partial charge is 0.290 e. The van der Waals surface area contributed by atoms with Gasteiger partial charge >= 0.3 is 0 Å². The van der Waals surface area contributed by atoms with Crippen LogP contribution >= 0.6 is 23.4 Å². The van der Waals surface area contributed by atoms with Crippen LogP contribution in [0.4, 0.5) is 5.69 Å². The summed E-state index contributed by atoms with van der Waals surface area (Å²) in [5.74, 6) is 1.39. The van der Waals surface area contributed by atoms with Crippen LogP contribution in [0.1, 0.15) is 23.2 Å². The average molecular weight is 379 g/mol. The molecule has 132 valence electrons. The largest absolute Gasteiger partial charge is 0.455 e. The van der Waals surface area contributed by atoms with Crippen molar-refractivity contribution in [3.8, 4) is 0 Å². The summed E-state index contributed by atoms with van der Waals surface area (Å²) in [5.41, 5.74) is 0.786. The summed E-state index contributed by atoms with van der Waals surface area (Å²) < 4.78 is 5.60. The van der Waals surface area contributed by atoms with Crippen molar-refractivity contribution in [2.45, 2.75) is 18.7 Å². The summed E-state index contributed by atoms with van der Waals surface area (Å²) in [5, 5.41) is 0.622. The minimum absolute atomic E-state index is 0.0290. The van der Waals surface area contributed by atoms with E-state index in [0.29, 0.717) is 17.3 Å². The summed E-state index contributed by atoms with van der Waals surface area (Å²) in [7, 11) is 0. The van der Waals surface area contributed by atoms with E-state index >= 15 is 0 Å². The molecule has 5 nitrogen and oxygen atoms in total. The molecule has 0 unspecified atom stereocenters. The number of hydrogen-bond donors (Lipinski definition) is 0. The Labute approximate surface area is 155 Å². The van der Waals surface area contributed by atoms with Crippen LogP contribution < -0.4 is 4.90 Å². The van der Waals surface area contributed by atoms with E-state index in [9.17, 15) is 9.59 Å². The topological polar surface area (TPSA) is 53.8 Å². The number of nitrogens with zero attached hydrogens (tertiary/aromatic N) is 2. The maximum Gasteiger partial charge on any atom is 0.290 e. The van der Waals surface area contributed by atoms with E-state index in [4.69, 9.17) is 16.0 Å². The maximum atomic E-state index is 12.7. The predicted molar refractivity (Wildman–Crippen MR) is 100 cm³/mol. The lowest BCUT2D eigenvalue weighted by Gasteiger charge is -2.39. The molecule has 3 rings (SSSR count). The lowest BCUT2D eigenvalue weighted by Crippen LogP contribution is -2.57. The molecule has 2 heterocycles. The third kappa shape index (κ3) is 3.85. The number of halogens is 1. The molecule has 1 aliphatic rings. The number of carbonyl (C=O) groups excluding carboxylic acids is 2. The fourth-order valence-electron chi connectivity index (χ4n) is 2.85. The van der Waals surface area contributed by atoms with Gasteiger partial charge in [0.15, 0.2) is 5.76 Å². The van der Waals surface area contributed by atoms with Crippen LogP contribution in [0.15, 0.2) is 40.8 Å². The summed E-state index contributed by atoms with van der Waals surface area (Å²) in [6, 6.07) is 10.5.